The van der Waals surface area contributed by atoms with Crippen LogP contribution in [0.1, 0.15) is 18.1 Å². The van der Waals surface area contributed by atoms with Crippen molar-refractivity contribution < 1.29 is 14.4 Å². The van der Waals surface area contributed by atoms with E-state index in [1.807, 2.05) is 72.5 Å². The molecule has 0 aliphatic carbocycles. The Morgan fingerprint density at radius 1 is 0.769 bits per heavy atom. The summed E-state index contributed by atoms with van der Waals surface area (Å²) in [6.07, 6.45) is 0. The Morgan fingerprint density at radius 2 is 1.31 bits per heavy atom. The molecule has 3 rings (SSSR count). The molecule has 1 aliphatic heterocycles. The van der Waals surface area contributed by atoms with Crippen LogP contribution in [0, 0.1) is 0 Å². The van der Waals surface area contributed by atoms with Crippen LogP contribution in [0.4, 0.5) is 4.79 Å². The summed E-state index contributed by atoms with van der Waals surface area (Å²) in [5.41, 5.74) is 1.89. The van der Waals surface area contributed by atoms with Crippen molar-refractivity contribution in [1.29, 1.82) is 0 Å². The Morgan fingerprint density at radius 3 is 1.88 bits per heavy atom. The number of nitrogens with zero attached hydrogens (tertiary/aromatic N) is 3. The topological polar surface area (TPSA) is 60.9 Å². The van der Waals surface area contributed by atoms with Crippen LogP contribution >= 0.6 is 0 Å². The first kappa shape index (κ1) is 17.8. The van der Waals surface area contributed by atoms with Gasteiger partial charge in [0.25, 0.3) is 0 Å². The second-order valence-electron chi connectivity index (χ2n) is 6.16. The lowest BCUT2D eigenvalue weighted by atomic mass is 10.2. The van der Waals surface area contributed by atoms with Crippen molar-refractivity contribution in [3.8, 4) is 0 Å². The molecule has 0 radical (unpaired) electrons. The fraction of sp³-hybridized carbons (Fsp3) is 0.250. The second-order valence-corrected chi connectivity index (χ2v) is 6.16. The molecule has 0 unspecified atom stereocenters. The first-order chi connectivity index (χ1) is 12.6. The van der Waals surface area contributed by atoms with E-state index in [2.05, 4.69) is 0 Å². The summed E-state index contributed by atoms with van der Waals surface area (Å²) in [5.74, 6) is -1.54. The lowest BCUT2D eigenvalue weighted by molar-refractivity contribution is -0.144. The number of imide groups is 2. The maximum absolute atomic E-state index is 12.6. The van der Waals surface area contributed by atoms with Crippen molar-refractivity contribution in [2.24, 2.45) is 0 Å². The maximum atomic E-state index is 12.6. The van der Waals surface area contributed by atoms with Gasteiger partial charge in [0, 0.05) is 6.54 Å². The van der Waals surface area contributed by atoms with E-state index < -0.39 is 17.8 Å². The number of hydrogen-bond acceptors (Lipinski definition) is 4. The van der Waals surface area contributed by atoms with E-state index >= 15 is 0 Å². The normalized spacial score (nSPS) is 14.6. The highest BCUT2D eigenvalue weighted by Crippen LogP contribution is 2.17. The third-order valence-corrected chi connectivity index (χ3v) is 4.36. The number of hydrogen-bond donors (Lipinski definition) is 0. The second kappa shape index (κ2) is 7.93. The van der Waals surface area contributed by atoms with Crippen LogP contribution in [0.2, 0.25) is 0 Å². The molecule has 134 valence electrons. The van der Waals surface area contributed by atoms with Crippen LogP contribution in [0.15, 0.2) is 60.7 Å². The maximum Gasteiger partial charge on any atom is 0.335 e. The van der Waals surface area contributed by atoms with Crippen molar-refractivity contribution in [3.05, 3.63) is 71.8 Å². The summed E-state index contributed by atoms with van der Waals surface area (Å²) < 4.78 is 0. The van der Waals surface area contributed by atoms with E-state index in [9.17, 15) is 14.4 Å². The Hall–Kier alpha value is -2.99. The molecule has 1 heterocycles. The Bertz CT molecular complexity index is 792. The van der Waals surface area contributed by atoms with Gasteiger partial charge in [-0.25, -0.2) is 9.69 Å². The molecule has 2 aromatic rings. The molecule has 0 saturated carbocycles. The van der Waals surface area contributed by atoms with Gasteiger partial charge in [-0.2, -0.15) is 0 Å². The third kappa shape index (κ3) is 3.81. The van der Waals surface area contributed by atoms with E-state index in [0.29, 0.717) is 13.1 Å². The highest BCUT2D eigenvalue weighted by molar-refractivity contribution is 6.44. The van der Waals surface area contributed by atoms with Gasteiger partial charge in [0.05, 0.1) is 13.2 Å². The van der Waals surface area contributed by atoms with Gasteiger partial charge in [-0.1, -0.05) is 67.6 Å². The van der Waals surface area contributed by atoms with Crippen LogP contribution in [-0.4, -0.2) is 45.8 Å². The van der Waals surface area contributed by atoms with Gasteiger partial charge in [-0.05, 0) is 17.7 Å². The molecule has 4 amide bonds. The largest absolute Gasteiger partial charge is 0.335 e. The SMILES string of the molecule is CCN(Cc1ccccc1)CN1C(=O)C(=O)N(Cc2ccccc2)C1=O. The van der Waals surface area contributed by atoms with E-state index in [4.69, 9.17) is 0 Å². The summed E-state index contributed by atoms with van der Waals surface area (Å²) in [4.78, 5) is 41.2. The van der Waals surface area contributed by atoms with Gasteiger partial charge >= 0.3 is 17.8 Å². The fourth-order valence-electron chi connectivity index (χ4n) is 2.88. The quantitative estimate of drug-likeness (QED) is 0.568. The fourth-order valence-corrected chi connectivity index (χ4v) is 2.88. The number of carbonyl (C=O) groups is 3. The summed E-state index contributed by atoms with van der Waals surface area (Å²) in [5, 5.41) is 0. The Kier molecular flexibility index (Phi) is 5.43. The molecule has 26 heavy (non-hydrogen) atoms. The summed E-state index contributed by atoms with van der Waals surface area (Å²) >= 11 is 0. The minimum absolute atomic E-state index is 0.0973. The monoisotopic (exact) mass is 351 g/mol. The molecule has 0 atom stereocenters. The van der Waals surface area contributed by atoms with E-state index in [1.165, 1.54) is 0 Å². The van der Waals surface area contributed by atoms with Crippen LogP contribution < -0.4 is 0 Å². The van der Waals surface area contributed by atoms with E-state index in [1.54, 1.807) is 0 Å². The highest BCUT2D eigenvalue weighted by atomic mass is 16.2. The molecule has 1 aliphatic rings. The molecular formula is C20H21N3O3. The zero-order valence-electron chi connectivity index (χ0n) is 14.7. The predicted octanol–water partition coefficient (Wildman–Crippen LogP) is 2.46. The van der Waals surface area contributed by atoms with Crippen LogP contribution in [-0.2, 0) is 22.7 Å². The van der Waals surface area contributed by atoms with Crippen LogP contribution in [0.3, 0.4) is 0 Å². The number of rotatable bonds is 7. The summed E-state index contributed by atoms with van der Waals surface area (Å²) in [6.45, 7) is 3.41. The first-order valence-electron chi connectivity index (χ1n) is 8.57. The molecule has 0 N–H and O–H groups in total. The smallest absolute Gasteiger partial charge is 0.281 e. The molecule has 2 aromatic carbocycles. The molecular weight excluding hydrogens is 330 g/mol. The van der Waals surface area contributed by atoms with Gasteiger partial charge in [-0.15, -0.1) is 0 Å². The van der Waals surface area contributed by atoms with Crippen molar-refractivity contribution in [3.63, 3.8) is 0 Å². The molecule has 0 bridgehead atoms. The molecule has 1 fully saturated rings. The first-order valence-corrected chi connectivity index (χ1v) is 8.57. The van der Waals surface area contributed by atoms with Gasteiger partial charge in [0.2, 0.25) is 0 Å². The minimum Gasteiger partial charge on any atom is -0.281 e. The van der Waals surface area contributed by atoms with E-state index in [-0.39, 0.29) is 13.2 Å². The van der Waals surface area contributed by atoms with Gasteiger partial charge in [0.1, 0.15) is 0 Å². The van der Waals surface area contributed by atoms with Crippen LogP contribution in [0.25, 0.3) is 0 Å². The number of urea groups is 1. The summed E-state index contributed by atoms with van der Waals surface area (Å²) in [6, 6.07) is 18.4. The van der Waals surface area contributed by atoms with Gasteiger partial charge < -0.3 is 0 Å². The van der Waals surface area contributed by atoms with Gasteiger partial charge in [-0.3, -0.25) is 19.4 Å². The third-order valence-electron chi connectivity index (χ3n) is 4.36. The zero-order valence-corrected chi connectivity index (χ0v) is 14.7. The average Bonchev–Trinajstić information content (AvgIpc) is 2.87. The van der Waals surface area contributed by atoms with Crippen molar-refractivity contribution in [2.75, 3.05) is 13.2 Å². The van der Waals surface area contributed by atoms with Crippen molar-refractivity contribution in [2.45, 2.75) is 20.0 Å². The average molecular weight is 351 g/mol. The number of benzene rings is 2. The van der Waals surface area contributed by atoms with E-state index in [0.717, 1.165) is 20.9 Å². The molecule has 0 spiro atoms. The number of amides is 4. The zero-order chi connectivity index (χ0) is 18.5. The molecule has 0 aromatic heterocycles. The van der Waals surface area contributed by atoms with Crippen molar-refractivity contribution in [1.82, 2.24) is 14.7 Å². The number of carbonyl (C=O) groups excluding carboxylic acids is 3. The lowest BCUT2D eigenvalue weighted by Gasteiger charge is -2.25. The highest BCUT2D eigenvalue weighted by Gasteiger charge is 2.44. The van der Waals surface area contributed by atoms with Crippen LogP contribution in [0.5, 0.6) is 0 Å². The molecule has 6 nitrogen and oxygen atoms in total. The molecule has 1 saturated heterocycles. The standard InChI is InChI=1S/C20H21N3O3/c1-2-21(13-16-9-5-3-6-10-16)15-23-19(25)18(24)22(20(23)26)14-17-11-7-4-8-12-17/h3-12H,2,13-15H2,1H3. The summed E-state index contributed by atoms with van der Waals surface area (Å²) in [7, 11) is 0. The Labute approximate surface area is 152 Å². The van der Waals surface area contributed by atoms with Gasteiger partial charge in [0.15, 0.2) is 0 Å². The molecule has 6 heteroatoms. The predicted molar refractivity (Wildman–Crippen MR) is 96.6 cm³/mol. The Balaban J connectivity index is 1.70. The lowest BCUT2D eigenvalue weighted by Crippen LogP contribution is -2.42. The minimum atomic E-state index is -0.769. The van der Waals surface area contributed by atoms with Crippen molar-refractivity contribution >= 4 is 17.8 Å².